The SMILES string of the molecule is C=C(C)[C@H]1CC[C@@]2(COC(=O)CCC(=O)[O-])CC[C@]3(C)[C@@H](CC[C@@H]4[C@]5(C)CC[C@H](OC(=O)CCC(=O)[O-])C(C)(C)[C@@H]5CC[C@@]43C)[C@H]12. The molecule has 5 aliphatic carbocycles. The molecule has 10 atom stereocenters. The third-order valence-corrected chi connectivity index (χ3v) is 15.0. The molecule has 0 aromatic rings. The van der Waals surface area contributed by atoms with Gasteiger partial charge >= 0.3 is 11.9 Å². The van der Waals surface area contributed by atoms with Crippen LogP contribution in [0.15, 0.2) is 12.2 Å². The Morgan fingerprint density at radius 1 is 0.717 bits per heavy atom. The lowest BCUT2D eigenvalue weighted by molar-refractivity contribution is -0.307. The summed E-state index contributed by atoms with van der Waals surface area (Å²) in [6.07, 6.45) is 9.25. The molecule has 0 radical (unpaired) electrons. The van der Waals surface area contributed by atoms with Crippen molar-refractivity contribution in [2.45, 2.75) is 138 Å². The molecule has 0 heterocycles. The Kier molecular flexibility index (Phi) is 9.31. The fourth-order valence-electron chi connectivity index (χ4n) is 12.6. The number of esters is 2. The van der Waals surface area contributed by atoms with Crippen molar-refractivity contribution in [3.05, 3.63) is 12.2 Å². The third kappa shape index (κ3) is 5.61. The van der Waals surface area contributed by atoms with Crippen molar-refractivity contribution in [3.63, 3.8) is 0 Å². The van der Waals surface area contributed by atoms with Gasteiger partial charge in [0.05, 0.1) is 19.4 Å². The van der Waals surface area contributed by atoms with Crippen LogP contribution in [0.25, 0.3) is 0 Å². The molecule has 0 saturated heterocycles. The molecular weight excluding hydrogens is 584 g/mol. The maximum Gasteiger partial charge on any atom is 0.306 e. The van der Waals surface area contributed by atoms with Crippen molar-refractivity contribution >= 4 is 23.9 Å². The highest BCUT2D eigenvalue weighted by Crippen LogP contribution is 2.77. The standard InChI is InChI=1S/C38H58O8/c1-23(2)24-14-19-38(22-45-31(43)12-10-29(39)40)21-20-36(6)25(33(24)38)8-9-27-35(5)17-16-28(46-32(44)13-11-30(41)42)34(3,4)26(35)15-18-37(27,36)7/h24-28,33H,1,8-22H2,2-7H3,(H,39,40)(H,41,42)/p-2/t24-,25+,26+,27-,28+,33+,35-,36-,37+,38+/m1/s1. The molecule has 0 spiro atoms. The van der Waals surface area contributed by atoms with Crippen LogP contribution in [-0.4, -0.2) is 36.6 Å². The molecule has 0 bridgehead atoms. The van der Waals surface area contributed by atoms with E-state index in [1.165, 1.54) is 5.57 Å². The quantitative estimate of drug-likeness (QED) is 0.236. The molecule has 5 fully saturated rings. The molecule has 258 valence electrons. The maximum absolute atomic E-state index is 12.6. The van der Waals surface area contributed by atoms with E-state index in [0.29, 0.717) is 36.2 Å². The summed E-state index contributed by atoms with van der Waals surface area (Å²) >= 11 is 0. The highest BCUT2D eigenvalue weighted by Gasteiger charge is 2.71. The first-order valence-corrected chi connectivity index (χ1v) is 17.8. The van der Waals surface area contributed by atoms with Gasteiger partial charge in [-0.05, 0) is 130 Å². The minimum Gasteiger partial charge on any atom is -0.550 e. The zero-order chi connectivity index (χ0) is 33.9. The summed E-state index contributed by atoms with van der Waals surface area (Å²) in [5.74, 6) is -1.17. The van der Waals surface area contributed by atoms with Crippen molar-refractivity contribution in [1.29, 1.82) is 0 Å². The van der Waals surface area contributed by atoms with Gasteiger partial charge in [0.1, 0.15) is 6.10 Å². The molecule has 0 aromatic heterocycles. The van der Waals surface area contributed by atoms with Crippen LogP contribution in [0.5, 0.6) is 0 Å². The van der Waals surface area contributed by atoms with Crippen molar-refractivity contribution in [2.75, 3.05) is 6.61 Å². The van der Waals surface area contributed by atoms with E-state index >= 15 is 0 Å². The Labute approximate surface area is 275 Å². The predicted octanol–water partition coefficient (Wildman–Crippen LogP) is 5.16. The lowest BCUT2D eigenvalue weighted by atomic mass is 9.32. The van der Waals surface area contributed by atoms with Crippen molar-refractivity contribution in [2.24, 2.45) is 56.7 Å². The average Bonchev–Trinajstić information content (AvgIpc) is 3.36. The summed E-state index contributed by atoms with van der Waals surface area (Å²) in [6, 6.07) is 0. The number of rotatable bonds is 10. The Hall–Kier alpha value is -2.38. The first kappa shape index (κ1) is 34.9. The van der Waals surface area contributed by atoms with E-state index < -0.39 is 23.9 Å². The van der Waals surface area contributed by atoms with Crippen LogP contribution in [0.3, 0.4) is 0 Å². The van der Waals surface area contributed by atoms with Crippen LogP contribution in [0.4, 0.5) is 0 Å². The monoisotopic (exact) mass is 640 g/mol. The van der Waals surface area contributed by atoms with Crippen LogP contribution < -0.4 is 10.2 Å². The van der Waals surface area contributed by atoms with Gasteiger partial charge in [0.15, 0.2) is 0 Å². The second-order valence-electron chi connectivity index (χ2n) is 17.3. The summed E-state index contributed by atoms with van der Waals surface area (Å²) in [6.45, 7) is 19.1. The first-order chi connectivity index (χ1) is 21.4. The number of carboxylic acid groups (broad SMARTS) is 2. The Bertz CT molecular complexity index is 1250. The number of hydrogen-bond acceptors (Lipinski definition) is 8. The number of aliphatic carboxylic acids is 2. The largest absolute Gasteiger partial charge is 0.550 e. The first-order valence-electron chi connectivity index (χ1n) is 17.8. The fraction of sp³-hybridized carbons (Fsp3) is 0.842. The van der Waals surface area contributed by atoms with Gasteiger partial charge in [-0.2, -0.15) is 0 Å². The van der Waals surface area contributed by atoms with E-state index in [2.05, 4.69) is 48.1 Å². The smallest absolute Gasteiger partial charge is 0.306 e. The second-order valence-corrected chi connectivity index (χ2v) is 17.3. The third-order valence-electron chi connectivity index (χ3n) is 15.0. The topological polar surface area (TPSA) is 133 Å². The van der Waals surface area contributed by atoms with Crippen molar-refractivity contribution in [1.82, 2.24) is 0 Å². The Balaban J connectivity index is 1.38. The van der Waals surface area contributed by atoms with E-state index in [9.17, 15) is 29.4 Å². The molecule has 8 nitrogen and oxygen atoms in total. The van der Waals surface area contributed by atoms with E-state index in [-0.39, 0.29) is 58.9 Å². The van der Waals surface area contributed by atoms with Gasteiger partial charge in [-0.25, -0.2) is 0 Å². The molecule has 5 rings (SSSR count). The van der Waals surface area contributed by atoms with Gasteiger partial charge in [0, 0.05) is 22.8 Å². The molecule has 0 N–H and O–H groups in total. The zero-order valence-corrected chi connectivity index (χ0v) is 29.0. The summed E-state index contributed by atoms with van der Waals surface area (Å²) in [7, 11) is 0. The van der Waals surface area contributed by atoms with Gasteiger partial charge < -0.3 is 29.3 Å². The number of carbonyl (C=O) groups is 4. The van der Waals surface area contributed by atoms with Gasteiger partial charge in [-0.3, -0.25) is 9.59 Å². The number of hydrogen-bond donors (Lipinski definition) is 0. The minimum atomic E-state index is -1.23. The molecule has 5 aliphatic rings. The van der Waals surface area contributed by atoms with Crippen LogP contribution in [-0.2, 0) is 28.7 Å². The minimum absolute atomic E-state index is 0.101. The molecular formula is C38H56O8-2. The molecule has 0 aromatic carbocycles. The zero-order valence-electron chi connectivity index (χ0n) is 29.0. The number of carbonyl (C=O) groups excluding carboxylic acids is 4. The van der Waals surface area contributed by atoms with Crippen molar-refractivity contribution in [3.8, 4) is 0 Å². The van der Waals surface area contributed by atoms with E-state index in [0.717, 1.165) is 64.2 Å². The second kappa shape index (κ2) is 12.3. The fourth-order valence-corrected chi connectivity index (χ4v) is 12.6. The van der Waals surface area contributed by atoms with Crippen molar-refractivity contribution < 1.29 is 38.9 Å². The van der Waals surface area contributed by atoms with Gasteiger partial charge in [0.25, 0.3) is 0 Å². The number of ether oxygens (including phenoxy) is 2. The average molecular weight is 641 g/mol. The molecule has 0 unspecified atom stereocenters. The Morgan fingerprint density at radius 3 is 2.00 bits per heavy atom. The number of fused-ring (bicyclic) bond motifs is 7. The normalized spacial score (nSPS) is 42.4. The van der Waals surface area contributed by atoms with E-state index in [1.807, 2.05) is 0 Å². The van der Waals surface area contributed by atoms with Gasteiger partial charge in [-0.15, -0.1) is 0 Å². The lowest BCUT2D eigenvalue weighted by Crippen LogP contribution is -2.67. The number of allylic oxidation sites excluding steroid dienone is 1. The molecule has 0 aliphatic heterocycles. The summed E-state index contributed by atoms with van der Waals surface area (Å²) in [4.78, 5) is 47.0. The molecule has 8 heteroatoms. The molecule has 46 heavy (non-hydrogen) atoms. The van der Waals surface area contributed by atoms with Gasteiger partial charge in [-0.1, -0.05) is 46.8 Å². The lowest BCUT2D eigenvalue weighted by Gasteiger charge is -2.73. The molecule has 5 saturated carbocycles. The van der Waals surface area contributed by atoms with Gasteiger partial charge in [0.2, 0.25) is 0 Å². The van der Waals surface area contributed by atoms with E-state index in [1.54, 1.807) is 0 Å². The predicted molar refractivity (Wildman–Crippen MR) is 168 cm³/mol. The van der Waals surface area contributed by atoms with Crippen LogP contribution in [0.1, 0.15) is 131 Å². The number of carboxylic acids is 2. The molecule has 0 amide bonds. The van der Waals surface area contributed by atoms with E-state index in [4.69, 9.17) is 9.47 Å². The summed E-state index contributed by atoms with van der Waals surface area (Å²) in [5.41, 5.74) is 1.25. The Morgan fingerprint density at radius 2 is 1.37 bits per heavy atom. The summed E-state index contributed by atoms with van der Waals surface area (Å²) in [5, 5.41) is 21.8. The summed E-state index contributed by atoms with van der Waals surface area (Å²) < 4.78 is 11.8. The van der Waals surface area contributed by atoms with Crippen LogP contribution in [0, 0.1) is 56.7 Å². The van der Waals surface area contributed by atoms with Crippen LogP contribution >= 0.6 is 0 Å². The highest BCUT2D eigenvalue weighted by molar-refractivity contribution is 5.76. The highest BCUT2D eigenvalue weighted by atomic mass is 16.5. The van der Waals surface area contributed by atoms with Crippen LogP contribution in [0.2, 0.25) is 0 Å². The maximum atomic E-state index is 12.6.